The lowest BCUT2D eigenvalue weighted by atomic mass is 10.0. The third kappa shape index (κ3) is 3.69. The summed E-state index contributed by atoms with van der Waals surface area (Å²) in [4.78, 5) is 3.27. The van der Waals surface area contributed by atoms with Crippen molar-refractivity contribution in [1.82, 2.24) is 4.98 Å². The van der Waals surface area contributed by atoms with Crippen molar-refractivity contribution >= 4 is 39.1 Å². The van der Waals surface area contributed by atoms with Crippen LogP contribution < -0.4 is 0 Å². The zero-order chi connectivity index (χ0) is 15.8. The van der Waals surface area contributed by atoms with E-state index in [1.165, 1.54) is 6.07 Å². The second-order valence-corrected chi connectivity index (χ2v) is 5.77. The van der Waals surface area contributed by atoms with Crippen LogP contribution in [0.1, 0.15) is 22.9 Å². The summed E-state index contributed by atoms with van der Waals surface area (Å²) in [5, 5.41) is 10.2. The van der Waals surface area contributed by atoms with Gasteiger partial charge in [0.2, 0.25) is 0 Å². The van der Waals surface area contributed by atoms with E-state index in [1.807, 2.05) is 0 Å². The summed E-state index contributed by atoms with van der Waals surface area (Å²) in [6, 6.07) is 6.55. The first kappa shape index (κ1) is 16.5. The number of halogens is 6. The molecule has 112 valence electrons. The zero-order valence-corrected chi connectivity index (χ0v) is 13.2. The molecule has 21 heavy (non-hydrogen) atoms. The normalized spacial score (nSPS) is 13.3. The predicted molar refractivity (Wildman–Crippen MR) is 77.5 cm³/mol. The van der Waals surface area contributed by atoms with Crippen molar-refractivity contribution in [2.75, 3.05) is 0 Å². The summed E-state index contributed by atoms with van der Waals surface area (Å²) in [5.41, 5.74) is -0.646. The SMILES string of the molecule is OC(c1ccc(Br)c(Cl)c1)c1ccc(C(F)(F)F)nc1Cl. The van der Waals surface area contributed by atoms with Crippen LogP contribution in [0.5, 0.6) is 0 Å². The van der Waals surface area contributed by atoms with Crippen LogP contribution in [0.4, 0.5) is 13.2 Å². The summed E-state index contributed by atoms with van der Waals surface area (Å²) in [6.45, 7) is 0. The van der Waals surface area contributed by atoms with E-state index >= 15 is 0 Å². The van der Waals surface area contributed by atoms with Gasteiger partial charge in [0, 0.05) is 10.0 Å². The van der Waals surface area contributed by atoms with Gasteiger partial charge in [0.25, 0.3) is 0 Å². The van der Waals surface area contributed by atoms with Gasteiger partial charge in [0.05, 0.1) is 5.02 Å². The van der Waals surface area contributed by atoms with Gasteiger partial charge < -0.3 is 5.11 Å². The Kier molecular flexibility index (Phi) is 4.82. The number of hydrogen-bond acceptors (Lipinski definition) is 2. The van der Waals surface area contributed by atoms with Crippen LogP contribution in [0.2, 0.25) is 10.2 Å². The lowest BCUT2D eigenvalue weighted by Gasteiger charge is -2.15. The monoisotopic (exact) mass is 399 g/mol. The Labute approximate surface area is 136 Å². The molecule has 2 nitrogen and oxygen atoms in total. The van der Waals surface area contributed by atoms with E-state index in [-0.39, 0.29) is 5.56 Å². The van der Waals surface area contributed by atoms with Crippen LogP contribution in [-0.4, -0.2) is 10.1 Å². The van der Waals surface area contributed by atoms with Crippen LogP contribution in [0, 0.1) is 0 Å². The van der Waals surface area contributed by atoms with Gasteiger partial charge >= 0.3 is 6.18 Å². The van der Waals surface area contributed by atoms with Crippen molar-refractivity contribution in [3.63, 3.8) is 0 Å². The smallest absolute Gasteiger partial charge is 0.384 e. The minimum absolute atomic E-state index is 0.0723. The highest BCUT2D eigenvalue weighted by molar-refractivity contribution is 9.10. The lowest BCUT2D eigenvalue weighted by Crippen LogP contribution is -2.10. The molecule has 0 saturated carbocycles. The first-order valence-corrected chi connectivity index (χ1v) is 7.11. The molecule has 0 bridgehead atoms. The Morgan fingerprint density at radius 3 is 2.33 bits per heavy atom. The van der Waals surface area contributed by atoms with Gasteiger partial charge in [-0.2, -0.15) is 13.2 Å². The molecule has 2 rings (SSSR count). The molecular formula is C13H7BrCl2F3NO. The molecule has 1 aromatic carbocycles. The molecule has 0 radical (unpaired) electrons. The zero-order valence-electron chi connectivity index (χ0n) is 10.1. The van der Waals surface area contributed by atoms with Gasteiger partial charge in [-0.3, -0.25) is 0 Å². The van der Waals surface area contributed by atoms with Crippen molar-refractivity contribution in [2.24, 2.45) is 0 Å². The van der Waals surface area contributed by atoms with E-state index in [1.54, 1.807) is 12.1 Å². The molecular weight excluding hydrogens is 394 g/mol. The van der Waals surface area contributed by atoms with Crippen LogP contribution >= 0.6 is 39.1 Å². The van der Waals surface area contributed by atoms with Crippen molar-refractivity contribution in [1.29, 1.82) is 0 Å². The maximum atomic E-state index is 12.5. The fraction of sp³-hybridized carbons (Fsp3) is 0.154. The quantitative estimate of drug-likeness (QED) is 0.698. The van der Waals surface area contributed by atoms with Crippen LogP contribution in [0.25, 0.3) is 0 Å². The van der Waals surface area contributed by atoms with Gasteiger partial charge in [0.1, 0.15) is 17.0 Å². The molecule has 1 heterocycles. The minimum Gasteiger partial charge on any atom is -0.384 e. The van der Waals surface area contributed by atoms with Gasteiger partial charge in [-0.05, 0) is 39.7 Å². The van der Waals surface area contributed by atoms with E-state index in [9.17, 15) is 18.3 Å². The van der Waals surface area contributed by atoms with E-state index < -0.39 is 23.1 Å². The third-order valence-corrected chi connectivity index (χ3v) is 4.26. The number of benzene rings is 1. The number of aliphatic hydroxyl groups is 1. The number of aromatic nitrogens is 1. The lowest BCUT2D eigenvalue weighted by molar-refractivity contribution is -0.141. The summed E-state index contributed by atoms with van der Waals surface area (Å²) >= 11 is 14.9. The molecule has 1 N–H and O–H groups in total. The molecule has 0 aliphatic heterocycles. The molecule has 0 aliphatic carbocycles. The molecule has 1 atom stereocenters. The molecule has 0 saturated heterocycles. The number of aliphatic hydroxyl groups excluding tert-OH is 1. The molecule has 0 amide bonds. The number of hydrogen-bond donors (Lipinski definition) is 1. The molecule has 1 unspecified atom stereocenters. The summed E-state index contributed by atoms with van der Waals surface area (Å²) in [6.07, 6.45) is -5.81. The number of rotatable bonds is 2. The molecule has 1 aromatic heterocycles. The Bertz CT molecular complexity index is 679. The van der Waals surface area contributed by atoms with Crippen molar-refractivity contribution in [2.45, 2.75) is 12.3 Å². The van der Waals surface area contributed by atoms with E-state index in [0.29, 0.717) is 15.1 Å². The van der Waals surface area contributed by atoms with Crippen molar-refractivity contribution < 1.29 is 18.3 Å². The highest BCUT2D eigenvalue weighted by Crippen LogP contribution is 2.34. The second kappa shape index (κ2) is 6.12. The van der Waals surface area contributed by atoms with Gasteiger partial charge in [0.15, 0.2) is 0 Å². The molecule has 0 spiro atoms. The number of nitrogens with zero attached hydrogens (tertiary/aromatic N) is 1. The van der Waals surface area contributed by atoms with Crippen molar-refractivity contribution in [3.8, 4) is 0 Å². The molecule has 0 aliphatic rings. The first-order chi connectivity index (χ1) is 9.70. The first-order valence-electron chi connectivity index (χ1n) is 5.57. The Balaban J connectivity index is 2.39. The maximum Gasteiger partial charge on any atom is 0.433 e. The molecule has 2 aromatic rings. The highest BCUT2D eigenvalue weighted by Gasteiger charge is 2.33. The summed E-state index contributed by atoms with van der Waals surface area (Å²) in [5.74, 6) is 0. The second-order valence-electron chi connectivity index (χ2n) is 4.15. The van der Waals surface area contributed by atoms with E-state index in [2.05, 4.69) is 20.9 Å². The Morgan fingerprint density at radius 1 is 1.14 bits per heavy atom. The topological polar surface area (TPSA) is 33.1 Å². The fourth-order valence-corrected chi connectivity index (χ4v) is 2.36. The largest absolute Gasteiger partial charge is 0.433 e. The van der Waals surface area contributed by atoms with Crippen LogP contribution in [0.3, 0.4) is 0 Å². The minimum atomic E-state index is -4.59. The van der Waals surface area contributed by atoms with Crippen LogP contribution in [0.15, 0.2) is 34.8 Å². The average molecular weight is 401 g/mol. The van der Waals surface area contributed by atoms with Gasteiger partial charge in [-0.1, -0.05) is 35.3 Å². The summed E-state index contributed by atoms with van der Waals surface area (Å²) < 4.78 is 38.2. The van der Waals surface area contributed by atoms with E-state index in [0.717, 1.165) is 12.1 Å². The molecule has 0 fully saturated rings. The predicted octanol–water partition coefficient (Wildman–Crippen LogP) is 5.25. The number of pyridine rings is 1. The van der Waals surface area contributed by atoms with Gasteiger partial charge in [-0.15, -0.1) is 0 Å². The average Bonchev–Trinajstić information content (AvgIpc) is 2.40. The standard InChI is InChI=1S/C13H7BrCl2F3NO/c14-8-3-1-6(5-9(8)15)11(21)7-2-4-10(13(17,18)19)20-12(7)16/h1-5,11,21H. The Morgan fingerprint density at radius 2 is 1.81 bits per heavy atom. The Hall–Kier alpha value is -0.820. The van der Waals surface area contributed by atoms with Crippen LogP contribution in [-0.2, 0) is 6.18 Å². The van der Waals surface area contributed by atoms with E-state index in [4.69, 9.17) is 23.2 Å². The molecule has 8 heteroatoms. The van der Waals surface area contributed by atoms with Gasteiger partial charge in [-0.25, -0.2) is 4.98 Å². The number of alkyl halides is 3. The fourth-order valence-electron chi connectivity index (χ4n) is 1.67. The van der Waals surface area contributed by atoms with Crippen molar-refractivity contribution in [3.05, 3.63) is 61.8 Å². The summed E-state index contributed by atoms with van der Waals surface area (Å²) in [7, 11) is 0. The maximum absolute atomic E-state index is 12.5. The third-order valence-electron chi connectivity index (χ3n) is 2.72. The highest BCUT2D eigenvalue weighted by atomic mass is 79.9.